The molecule has 7 heteroatoms. The number of carbonyl (C=O) groups excluding carboxylic acids is 2. The highest BCUT2D eigenvalue weighted by atomic mass is 16.2. The Morgan fingerprint density at radius 1 is 1.11 bits per heavy atom. The number of hydrogen-bond donors (Lipinski definition) is 2. The molecule has 28 heavy (non-hydrogen) atoms. The van der Waals surface area contributed by atoms with Gasteiger partial charge in [-0.2, -0.15) is 0 Å². The second-order valence-electron chi connectivity index (χ2n) is 7.42. The fourth-order valence-electron chi connectivity index (χ4n) is 3.92. The summed E-state index contributed by atoms with van der Waals surface area (Å²) < 4.78 is 0. The zero-order valence-electron chi connectivity index (χ0n) is 16.7. The van der Waals surface area contributed by atoms with Crippen LogP contribution < -0.4 is 10.6 Å². The number of aliphatic imine (C=N–C) groups is 1. The van der Waals surface area contributed by atoms with Crippen LogP contribution in [0, 0.1) is 0 Å². The molecule has 0 spiro atoms. The number of likely N-dealkylation sites (tertiary alicyclic amines) is 2. The minimum Gasteiger partial charge on any atom is -0.355 e. The molecule has 2 aliphatic heterocycles. The monoisotopic (exact) mass is 385 g/mol. The van der Waals surface area contributed by atoms with E-state index in [1.807, 2.05) is 6.07 Å². The molecule has 2 fully saturated rings. The van der Waals surface area contributed by atoms with Gasteiger partial charge < -0.3 is 10.6 Å². The average molecular weight is 386 g/mol. The molecule has 7 nitrogen and oxygen atoms in total. The number of nitrogens with one attached hydrogen (secondary N) is 2. The summed E-state index contributed by atoms with van der Waals surface area (Å²) in [6.45, 7) is 3.82. The second kappa shape index (κ2) is 10.2. The predicted molar refractivity (Wildman–Crippen MR) is 110 cm³/mol. The Balaban J connectivity index is 1.42. The average Bonchev–Trinajstić information content (AvgIpc) is 3.14. The summed E-state index contributed by atoms with van der Waals surface area (Å²) in [6.07, 6.45) is 4.00. The Hall–Kier alpha value is -2.41. The first kappa shape index (κ1) is 20.3. The lowest BCUT2D eigenvalue weighted by Crippen LogP contribution is -2.48. The van der Waals surface area contributed by atoms with Gasteiger partial charge in [0, 0.05) is 52.1 Å². The molecule has 1 unspecified atom stereocenters. The van der Waals surface area contributed by atoms with Crippen molar-refractivity contribution >= 4 is 17.8 Å². The molecule has 152 valence electrons. The number of imide groups is 1. The molecule has 0 bridgehead atoms. The molecule has 3 rings (SSSR count). The zero-order valence-corrected chi connectivity index (χ0v) is 16.7. The maximum Gasteiger partial charge on any atom is 0.229 e. The van der Waals surface area contributed by atoms with E-state index in [-0.39, 0.29) is 11.8 Å². The summed E-state index contributed by atoms with van der Waals surface area (Å²) in [5.41, 5.74) is 1.34. The highest BCUT2D eigenvalue weighted by molar-refractivity contribution is 5.97. The van der Waals surface area contributed by atoms with Crippen molar-refractivity contribution in [2.45, 2.75) is 44.7 Å². The van der Waals surface area contributed by atoms with Crippen LogP contribution in [0.15, 0.2) is 35.3 Å². The Labute approximate surface area is 167 Å². The van der Waals surface area contributed by atoms with E-state index in [1.165, 1.54) is 23.3 Å². The van der Waals surface area contributed by atoms with E-state index in [2.05, 4.69) is 44.8 Å². The predicted octanol–water partition coefficient (Wildman–Crippen LogP) is 1.36. The van der Waals surface area contributed by atoms with Gasteiger partial charge in [0.2, 0.25) is 11.8 Å². The van der Waals surface area contributed by atoms with E-state index in [1.54, 1.807) is 7.05 Å². The van der Waals surface area contributed by atoms with Crippen LogP contribution in [0.5, 0.6) is 0 Å². The number of guanidine groups is 1. The molecule has 0 saturated carbocycles. The third-order valence-corrected chi connectivity index (χ3v) is 5.47. The van der Waals surface area contributed by atoms with Gasteiger partial charge in [-0.15, -0.1) is 0 Å². The first-order valence-electron chi connectivity index (χ1n) is 10.2. The molecule has 2 aliphatic rings. The van der Waals surface area contributed by atoms with Gasteiger partial charge in [-0.25, -0.2) is 0 Å². The van der Waals surface area contributed by atoms with Gasteiger partial charge in [-0.05, 0) is 31.4 Å². The van der Waals surface area contributed by atoms with E-state index < -0.39 is 0 Å². The molecule has 1 aromatic rings. The highest BCUT2D eigenvalue weighted by Gasteiger charge is 2.26. The SMILES string of the molecule is CN=C(NCCN1C(=O)CCCC1=O)NCC1CCCN1Cc1ccccc1. The van der Waals surface area contributed by atoms with Gasteiger partial charge in [0.1, 0.15) is 0 Å². The lowest BCUT2D eigenvalue weighted by molar-refractivity contribution is -0.147. The standard InChI is InChI=1S/C21H31N5O2/c1-22-21(23-12-14-26-19(27)10-5-11-20(26)28)24-15-18-9-6-13-25(18)16-17-7-3-2-4-8-17/h2-4,7-8,18H,5-6,9-16H2,1H3,(H2,22,23,24). The number of benzene rings is 1. The van der Waals surface area contributed by atoms with Crippen molar-refractivity contribution in [3.8, 4) is 0 Å². The topological polar surface area (TPSA) is 77.0 Å². The van der Waals surface area contributed by atoms with Gasteiger partial charge in [0.05, 0.1) is 0 Å². The Kier molecular flexibility index (Phi) is 7.42. The van der Waals surface area contributed by atoms with E-state index in [0.717, 1.165) is 19.6 Å². The molecule has 0 aliphatic carbocycles. The molecule has 0 aromatic heterocycles. The maximum absolute atomic E-state index is 11.9. The molecule has 2 amide bonds. The quantitative estimate of drug-likeness (QED) is 0.421. The minimum absolute atomic E-state index is 0.0662. The van der Waals surface area contributed by atoms with Crippen LogP contribution in [0.2, 0.25) is 0 Å². The van der Waals surface area contributed by atoms with Crippen LogP contribution in [0.3, 0.4) is 0 Å². The number of piperidine rings is 1. The van der Waals surface area contributed by atoms with Crippen molar-refractivity contribution in [3.05, 3.63) is 35.9 Å². The maximum atomic E-state index is 11.9. The Bertz CT molecular complexity index is 675. The number of hydrogen-bond acceptors (Lipinski definition) is 4. The third-order valence-electron chi connectivity index (χ3n) is 5.47. The van der Waals surface area contributed by atoms with Gasteiger partial charge >= 0.3 is 0 Å². The van der Waals surface area contributed by atoms with Gasteiger partial charge in [-0.3, -0.25) is 24.4 Å². The minimum atomic E-state index is -0.0662. The lowest BCUT2D eigenvalue weighted by atomic mass is 10.1. The fourth-order valence-corrected chi connectivity index (χ4v) is 3.92. The molecular formula is C21H31N5O2. The fraction of sp³-hybridized carbons (Fsp3) is 0.571. The molecule has 0 radical (unpaired) electrons. The van der Waals surface area contributed by atoms with Crippen LogP contribution >= 0.6 is 0 Å². The van der Waals surface area contributed by atoms with Crippen molar-refractivity contribution in [2.75, 3.05) is 33.2 Å². The summed E-state index contributed by atoms with van der Waals surface area (Å²) in [6, 6.07) is 11.0. The summed E-state index contributed by atoms with van der Waals surface area (Å²) in [5.74, 6) is 0.579. The smallest absolute Gasteiger partial charge is 0.229 e. The number of amides is 2. The number of rotatable bonds is 7. The van der Waals surface area contributed by atoms with Crippen molar-refractivity contribution in [1.29, 1.82) is 0 Å². The molecule has 2 heterocycles. The van der Waals surface area contributed by atoms with Crippen molar-refractivity contribution in [3.63, 3.8) is 0 Å². The summed E-state index contributed by atoms with van der Waals surface area (Å²) in [4.78, 5) is 31.9. The van der Waals surface area contributed by atoms with E-state index >= 15 is 0 Å². The van der Waals surface area contributed by atoms with E-state index in [0.29, 0.717) is 44.4 Å². The first-order chi connectivity index (χ1) is 13.7. The van der Waals surface area contributed by atoms with Crippen LogP contribution in [0.4, 0.5) is 0 Å². The summed E-state index contributed by atoms with van der Waals surface area (Å²) >= 11 is 0. The largest absolute Gasteiger partial charge is 0.355 e. The van der Waals surface area contributed by atoms with Crippen molar-refractivity contribution in [2.24, 2.45) is 4.99 Å². The van der Waals surface area contributed by atoms with Crippen LogP contribution in [-0.4, -0.2) is 66.8 Å². The Morgan fingerprint density at radius 2 is 1.86 bits per heavy atom. The van der Waals surface area contributed by atoms with Gasteiger partial charge in [-0.1, -0.05) is 30.3 Å². The van der Waals surface area contributed by atoms with Crippen LogP contribution in [-0.2, 0) is 16.1 Å². The molecule has 1 aromatic carbocycles. The lowest BCUT2D eigenvalue weighted by Gasteiger charge is -2.27. The number of nitrogens with zero attached hydrogens (tertiary/aromatic N) is 3. The number of carbonyl (C=O) groups is 2. The van der Waals surface area contributed by atoms with Gasteiger partial charge in [0.25, 0.3) is 0 Å². The Morgan fingerprint density at radius 3 is 2.57 bits per heavy atom. The van der Waals surface area contributed by atoms with Crippen LogP contribution in [0.1, 0.15) is 37.7 Å². The third kappa shape index (κ3) is 5.55. The zero-order chi connectivity index (χ0) is 19.8. The van der Waals surface area contributed by atoms with E-state index in [9.17, 15) is 9.59 Å². The molecule has 2 N–H and O–H groups in total. The normalized spacial score (nSPS) is 21.2. The molecular weight excluding hydrogens is 354 g/mol. The van der Waals surface area contributed by atoms with E-state index in [4.69, 9.17) is 0 Å². The highest BCUT2D eigenvalue weighted by Crippen LogP contribution is 2.19. The summed E-state index contributed by atoms with van der Waals surface area (Å²) in [7, 11) is 1.74. The second-order valence-corrected chi connectivity index (χ2v) is 7.42. The van der Waals surface area contributed by atoms with Crippen molar-refractivity contribution < 1.29 is 9.59 Å². The van der Waals surface area contributed by atoms with Crippen LogP contribution in [0.25, 0.3) is 0 Å². The first-order valence-corrected chi connectivity index (χ1v) is 10.2. The molecule has 1 atom stereocenters. The van der Waals surface area contributed by atoms with Gasteiger partial charge in [0.15, 0.2) is 5.96 Å². The summed E-state index contributed by atoms with van der Waals surface area (Å²) in [5, 5.41) is 6.62. The van der Waals surface area contributed by atoms with Crippen molar-refractivity contribution in [1.82, 2.24) is 20.4 Å². The molecule has 2 saturated heterocycles.